The van der Waals surface area contributed by atoms with Crippen molar-refractivity contribution in [3.05, 3.63) is 46.0 Å². The molecule has 0 bridgehead atoms. The van der Waals surface area contributed by atoms with Crippen molar-refractivity contribution >= 4 is 33.2 Å². The van der Waals surface area contributed by atoms with E-state index in [1.165, 1.54) is 30.4 Å². The van der Waals surface area contributed by atoms with Crippen LogP contribution in [0.15, 0.2) is 24.3 Å². The lowest BCUT2D eigenvalue weighted by Gasteiger charge is -2.29. The number of methoxy groups -OCH3 is 1. The summed E-state index contributed by atoms with van der Waals surface area (Å²) in [6, 6.07) is 7.84. The quantitative estimate of drug-likeness (QED) is 0.414. The first-order chi connectivity index (χ1) is 14.7. The number of aromatic nitrogens is 1. The summed E-state index contributed by atoms with van der Waals surface area (Å²) in [6.07, 6.45) is 3.63. The predicted molar refractivity (Wildman–Crippen MR) is 126 cm³/mol. The molecule has 2 aromatic heterocycles. The molecular formula is C25H30N2O3S. The highest BCUT2D eigenvalue weighted by Gasteiger charge is 2.34. The summed E-state index contributed by atoms with van der Waals surface area (Å²) < 4.78 is 11.5. The standard InChI is InChI=1S/C25H30N2O3S/c1-14-19(22(24(28)29-5)30-25(2,3)4)20(15-10-12-16(26)13-11-15)21-17-8-6-7-9-18(17)31-23(21)27-14/h10-13,22H,6-9,26H2,1-5H3. The van der Waals surface area contributed by atoms with E-state index in [1.54, 1.807) is 11.3 Å². The molecule has 1 aromatic carbocycles. The van der Waals surface area contributed by atoms with Gasteiger partial charge in [0.2, 0.25) is 0 Å². The molecule has 1 aliphatic rings. The molecule has 2 N–H and O–H groups in total. The average molecular weight is 439 g/mol. The summed E-state index contributed by atoms with van der Waals surface area (Å²) in [5, 5.41) is 1.15. The Kier molecular flexibility index (Phi) is 5.79. The largest absolute Gasteiger partial charge is 0.467 e. The van der Waals surface area contributed by atoms with Gasteiger partial charge in [-0.2, -0.15) is 0 Å². The van der Waals surface area contributed by atoms with E-state index in [2.05, 4.69) is 0 Å². The van der Waals surface area contributed by atoms with E-state index in [-0.39, 0.29) is 0 Å². The van der Waals surface area contributed by atoms with Crippen LogP contribution in [0.4, 0.5) is 5.69 Å². The van der Waals surface area contributed by atoms with Gasteiger partial charge in [0.1, 0.15) is 4.83 Å². The van der Waals surface area contributed by atoms with E-state index in [1.807, 2.05) is 52.0 Å². The maximum atomic E-state index is 13.0. The van der Waals surface area contributed by atoms with E-state index in [0.717, 1.165) is 45.4 Å². The monoisotopic (exact) mass is 438 g/mol. The summed E-state index contributed by atoms with van der Waals surface area (Å²) >= 11 is 1.78. The van der Waals surface area contributed by atoms with E-state index >= 15 is 0 Å². The summed E-state index contributed by atoms with van der Waals surface area (Å²) in [5.41, 5.74) is 11.1. The lowest BCUT2D eigenvalue weighted by atomic mass is 9.88. The minimum Gasteiger partial charge on any atom is -0.467 e. The molecule has 0 spiro atoms. The van der Waals surface area contributed by atoms with E-state index in [9.17, 15) is 4.79 Å². The number of thiophene rings is 1. The van der Waals surface area contributed by atoms with Gasteiger partial charge in [0, 0.05) is 32.8 Å². The van der Waals surface area contributed by atoms with Gasteiger partial charge in [0.25, 0.3) is 0 Å². The molecule has 0 saturated carbocycles. The Morgan fingerprint density at radius 3 is 2.48 bits per heavy atom. The SMILES string of the molecule is COC(=O)C(OC(C)(C)C)c1c(C)nc2sc3c(c2c1-c1ccc(N)cc1)CCCC3. The number of carbonyl (C=O) groups excluding carboxylic acids is 1. The third-order valence-corrected chi connectivity index (χ3v) is 6.86. The number of carbonyl (C=O) groups is 1. The summed E-state index contributed by atoms with van der Waals surface area (Å²) in [5.74, 6) is -0.417. The van der Waals surface area contributed by atoms with Crippen LogP contribution in [0.5, 0.6) is 0 Å². The smallest absolute Gasteiger partial charge is 0.339 e. The molecule has 1 aliphatic carbocycles. The maximum Gasteiger partial charge on any atom is 0.339 e. The minimum absolute atomic E-state index is 0.417. The zero-order valence-electron chi connectivity index (χ0n) is 18.9. The lowest BCUT2D eigenvalue weighted by Crippen LogP contribution is -2.29. The molecule has 2 heterocycles. The highest BCUT2D eigenvalue weighted by Crippen LogP contribution is 2.45. The first-order valence-corrected chi connectivity index (χ1v) is 11.6. The zero-order chi connectivity index (χ0) is 22.3. The van der Waals surface area contributed by atoms with E-state index in [4.69, 9.17) is 20.2 Å². The van der Waals surface area contributed by atoms with Crippen LogP contribution in [0.1, 0.15) is 61.4 Å². The van der Waals surface area contributed by atoms with Crippen LogP contribution in [0.25, 0.3) is 21.3 Å². The van der Waals surface area contributed by atoms with Crippen LogP contribution in [0, 0.1) is 6.92 Å². The molecule has 6 heteroatoms. The van der Waals surface area contributed by atoms with Gasteiger partial charge in [-0.25, -0.2) is 9.78 Å². The second-order valence-electron chi connectivity index (χ2n) is 9.13. The molecule has 0 radical (unpaired) electrons. The number of nitrogens with zero attached hydrogens (tertiary/aromatic N) is 1. The van der Waals surface area contributed by atoms with Gasteiger partial charge in [0.05, 0.1) is 12.7 Å². The van der Waals surface area contributed by atoms with E-state index in [0.29, 0.717) is 5.69 Å². The first-order valence-electron chi connectivity index (χ1n) is 10.8. The molecule has 31 heavy (non-hydrogen) atoms. The second-order valence-corrected chi connectivity index (χ2v) is 10.2. The Hall–Kier alpha value is -2.44. The molecule has 1 unspecified atom stereocenters. The predicted octanol–water partition coefficient (Wildman–Crippen LogP) is 5.76. The topological polar surface area (TPSA) is 74.4 Å². The van der Waals surface area contributed by atoms with Crippen molar-refractivity contribution in [2.24, 2.45) is 0 Å². The third kappa shape index (κ3) is 4.19. The number of pyridine rings is 1. The molecule has 3 aromatic rings. The number of nitrogen functional groups attached to an aromatic ring is 1. The number of aryl methyl sites for hydroxylation is 3. The second kappa shape index (κ2) is 8.24. The Bertz CT molecular complexity index is 1130. The van der Waals surface area contributed by atoms with Crippen molar-refractivity contribution in [1.29, 1.82) is 0 Å². The van der Waals surface area contributed by atoms with Crippen molar-refractivity contribution in [2.75, 3.05) is 12.8 Å². The van der Waals surface area contributed by atoms with Crippen molar-refractivity contribution in [1.82, 2.24) is 4.98 Å². The Balaban J connectivity index is 2.08. The number of esters is 1. The lowest BCUT2D eigenvalue weighted by molar-refractivity contribution is -0.164. The van der Waals surface area contributed by atoms with Gasteiger partial charge < -0.3 is 15.2 Å². The van der Waals surface area contributed by atoms with Crippen LogP contribution in [-0.2, 0) is 27.1 Å². The van der Waals surface area contributed by atoms with Crippen LogP contribution in [-0.4, -0.2) is 23.7 Å². The molecule has 4 rings (SSSR count). The van der Waals surface area contributed by atoms with E-state index < -0.39 is 17.7 Å². The molecule has 1 atom stereocenters. The molecule has 0 aliphatic heterocycles. The fourth-order valence-electron chi connectivity index (χ4n) is 4.37. The molecular weight excluding hydrogens is 408 g/mol. The Labute approximate surface area is 187 Å². The van der Waals surface area contributed by atoms with Crippen molar-refractivity contribution in [2.45, 2.75) is 65.1 Å². The number of rotatable bonds is 4. The highest BCUT2D eigenvalue weighted by molar-refractivity contribution is 7.19. The average Bonchev–Trinajstić information content (AvgIpc) is 3.08. The Morgan fingerprint density at radius 2 is 1.84 bits per heavy atom. The van der Waals surface area contributed by atoms with Crippen LogP contribution in [0.3, 0.4) is 0 Å². The number of nitrogens with two attached hydrogens (primary N) is 1. The van der Waals surface area contributed by atoms with Crippen LogP contribution >= 0.6 is 11.3 Å². The first kappa shape index (κ1) is 21.8. The van der Waals surface area contributed by atoms with Crippen molar-refractivity contribution in [3.8, 4) is 11.1 Å². The van der Waals surface area contributed by atoms with Gasteiger partial charge in [-0.3, -0.25) is 0 Å². The normalized spacial score (nSPS) is 15.0. The number of ether oxygens (including phenoxy) is 2. The maximum absolute atomic E-state index is 13.0. The van der Waals surface area contributed by atoms with Gasteiger partial charge >= 0.3 is 5.97 Å². The van der Waals surface area contributed by atoms with Gasteiger partial charge in [-0.15, -0.1) is 11.3 Å². The summed E-state index contributed by atoms with van der Waals surface area (Å²) in [7, 11) is 1.40. The minimum atomic E-state index is -0.867. The highest BCUT2D eigenvalue weighted by atomic mass is 32.1. The number of hydrogen-bond donors (Lipinski definition) is 1. The fraction of sp³-hybridized carbons (Fsp3) is 0.440. The summed E-state index contributed by atoms with van der Waals surface area (Å²) in [4.78, 5) is 20.3. The van der Waals surface area contributed by atoms with Crippen molar-refractivity contribution in [3.63, 3.8) is 0 Å². The Morgan fingerprint density at radius 1 is 1.16 bits per heavy atom. The number of anilines is 1. The third-order valence-electron chi connectivity index (χ3n) is 5.68. The molecule has 0 amide bonds. The van der Waals surface area contributed by atoms with Crippen LogP contribution < -0.4 is 5.73 Å². The number of benzene rings is 1. The molecule has 0 fully saturated rings. The molecule has 164 valence electrons. The summed E-state index contributed by atoms with van der Waals surface area (Å²) in [6.45, 7) is 7.79. The van der Waals surface area contributed by atoms with Crippen molar-refractivity contribution < 1.29 is 14.3 Å². The number of fused-ring (bicyclic) bond motifs is 3. The van der Waals surface area contributed by atoms with Crippen LogP contribution in [0.2, 0.25) is 0 Å². The van der Waals surface area contributed by atoms with Gasteiger partial charge in [0.15, 0.2) is 6.10 Å². The van der Waals surface area contributed by atoms with Gasteiger partial charge in [-0.1, -0.05) is 12.1 Å². The zero-order valence-corrected chi connectivity index (χ0v) is 19.7. The molecule has 5 nitrogen and oxygen atoms in total. The molecule has 0 saturated heterocycles. The van der Waals surface area contributed by atoms with Gasteiger partial charge in [-0.05, 0) is 76.6 Å². The number of hydrogen-bond acceptors (Lipinski definition) is 6. The fourth-order valence-corrected chi connectivity index (χ4v) is 5.69.